The molecule has 3 rings (SSSR count). The van der Waals surface area contributed by atoms with Crippen molar-refractivity contribution in [2.75, 3.05) is 26.1 Å². The van der Waals surface area contributed by atoms with Gasteiger partial charge in [0.25, 0.3) is 5.69 Å². The Bertz CT molecular complexity index is 882. The lowest BCUT2D eigenvalue weighted by molar-refractivity contribution is -0.384. The third-order valence-corrected chi connectivity index (χ3v) is 4.92. The highest BCUT2D eigenvalue weighted by atomic mass is 16.6. The van der Waals surface area contributed by atoms with Gasteiger partial charge in [-0.15, -0.1) is 0 Å². The maximum atomic E-state index is 12.5. The fourth-order valence-electron chi connectivity index (χ4n) is 3.25. The van der Waals surface area contributed by atoms with Crippen molar-refractivity contribution < 1.29 is 19.2 Å². The third kappa shape index (κ3) is 5.45. The van der Waals surface area contributed by atoms with Gasteiger partial charge < -0.3 is 14.8 Å². The van der Waals surface area contributed by atoms with Gasteiger partial charge in [0.1, 0.15) is 11.5 Å². The second-order valence-electron chi connectivity index (χ2n) is 6.95. The minimum atomic E-state index is -0.503. The van der Waals surface area contributed by atoms with Gasteiger partial charge in [0.15, 0.2) is 0 Å². The first kappa shape index (κ1) is 20.6. The van der Waals surface area contributed by atoms with Gasteiger partial charge in [-0.1, -0.05) is 18.2 Å². The maximum Gasteiger partial charge on any atom is 0.271 e. The van der Waals surface area contributed by atoms with Crippen LogP contribution in [0.2, 0.25) is 0 Å². The van der Waals surface area contributed by atoms with Gasteiger partial charge in [-0.05, 0) is 25.0 Å². The molecule has 0 aromatic heterocycles. The number of methoxy groups -OCH3 is 2. The van der Waals surface area contributed by atoms with Crippen molar-refractivity contribution in [2.45, 2.75) is 31.8 Å². The van der Waals surface area contributed by atoms with Gasteiger partial charge in [-0.3, -0.25) is 19.8 Å². The van der Waals surface area contributed by atoms with Crippen LogP contribution in [0, 0.1) is 10.1 Å². The van der Waals surface area contributed by atoms with Crippen LogP contribution in [0.3, 0.4) is 0 Å². The van der Waals surface area contributed by atoms with Gasteiger partial charge in [-0.25, -0.2) is 0 Å². The predicted octanol–water partition coefficient (Wildman–Crippen LogP) is 3.61. The van der Waals surface area contributed by atoms with Gasteiger partial charge in [0.05, 0.1) is 24.8 Å². The molecule has 29 heavy (non-hydrogen) atoms. The quantitative estimate of drug-likeness (QED) is 0.485. The number of nitrogens with zero attached hydrogens (tertiary/aromatic N) is 2. The molecule has 0 radical (unpaired) electrons. The molecular weight excluding hydrogens is 374 g/mol. The second kappa shape index (κ2) is 9.38. The number of para-hydroxylation sites is 1. The summed E-state index contributed by atoms with van der Waals surface area (Å²) in [4.78, 5) is 25.3. The number of amides is 1. The number of non-ortho nitro benzene ring substituents is 1. The van der Waals surface area contributed by atoms with E-state index in [0.29, 0.717) is 30.6 Å². The van der Waals surface area contributed by atoms with Crippen LogP contribution in [-0.2, 0) is 11.3 Å². The topological polar surface area (TPSA) is 93.9 Å². The number of carbonyl (C=O) groups excluding carboxylic acids is 1. The monoisotopic (exact) mass is 399 g/mol. The summed E-state index contributed by atoms with van der Waals surface area (Å²) in [5.74, 6) is 1.01. The number of rotatable bonds is 10. The fourth-order valence-corrected chi connectivity index (χ4v) is 3.25. The maximum absolute atomic E-state index is 12.5. The molecule has 1 aliphatic rings. The number of ether oxygens (including phenoxy) is 2. The first-order valence-corrected chi connectivity index (χ1v) is 9.50. The summed E-state index contributed by atoms with van der Waals surface area (Å²) in [7, 11) is 3.11. The van der Waals surface area contributed by atoms with Gasteiger partial charge in [0.2, 0.25) is 5.91 Å². The molecule has 0 saturated heterocycles. The molecule has 1 N–H and O–H groups in total. The van der Waals surface area contributed by atoms with Gasteiger partial charge in [-0.2, -0.15) is 0 Å². The average Bonchev–Trinajstić information content (AvgIpc) is 3.56. The van der Waals surface area contributed by atoms with Crippen molar-refractivity contribution in [3.8, 4) is 11.5 Å². The van der Waals surface area contributed by atoms with E-state index in [2.05, 4.69) is 10.2 Å². The van der Waals surface area contributed by atoms with E-state index >= 15 is 0 Å². The van der Waals surface area contributed by atoms with E-state index in [0.717, 1.165) is 24.2 Å². The molecule has 1 fully saturated rings. The van der Waals surface area contributed by atoms with Crippen LogP contribution in [0.5, 0.6) is 11.5 Å². The van der Waals surface area contributed by atoms with Gasteiger partial charge >= 0.3 is 0 Å². The highest BCUT2D eigenvalue weighted by molar-refractivity contribution is 5.92. The molecule has 2 aromatic rings. The zero-order chi connectivity index (χ0) is 20.8. The van der Waals surface area contributed by atoms with Crippen LogP contribution in [0.25, 0.3) is 0 Å². The molecule has 0 unspecified atom stereocenters. The molecule has 0 atom stereocenters. The largest absolute Gasteiger partial charge is 0.496 e. The summed E-state index contributed by atoms with van der Waals surface area (Å²) in [6.45, 7) is 1.30. The Hall–Kier alpha value is -3.13. The number of carbonyl (C=O) groups is 1. The van der Waals surface area contributed by atoms with E-state index in [1.54, 1.807) is 7.11 Å². The molecule has 0 aliphatic heterocycles. The van der Waals surface area contributed by atoms with Crippen LogP contribution in [-0.4, -0.2) is 42.5 Å². The van der Waals surface area contributed by atoms with Crippen molar-refractivity contribution in [3.63, 3.8) is 0 Å². The van der Waals surface area contributed by atoms with E-state index in [9.17, 15) is 14.9 Å². The van der Waals surface area contributed by atoms with E-state index in [4.69, 9.17) is 9.47 Å². The molecule has 8 nitrogen and oxygen atoms in total. The van der Waals surface area contributed by atoms with Crippen LogP contribution in [0.4, 0.5) is 11.4 Å². The summed E-state index contributed by atoms with van der Waals surface area (Å²) in [5, 5.41) is 13.7. The summed E-state index contributed by atoms with van der Waals surface area (Å²) in [6.07, 6.45) is 2.52. The summed E-state index contributed by atoms with van der Waals surface area (Å²) in [5.41, 5.74) is 1.29. The van der Waals surface area contributed by atoms with E-state index in [1.807, 2.05) is 24.3 Å². The molecule has 8 heteroatoms. The zero-order valence-electron chi connectivity index (χ0n) is 16.6. The number of nitro groups is 1. The number of nitro benzene ring substituents is 1. The number of hydrogen-bond acceptors (Lipinski definition) is 6. The summed E-state index contributed by atoms with van der Waals surface area (Å²) < 4.78 is 10.6. The Kier molecular flexibility index (Phi) is 6.66. The summed E-state index contributed by atoms with van der Waals surface area (Å²) >= 11 is 0. The Morgan fingerprint density at radius 3 is 2.55 bits per heavy atom. The molecule has 1 saturated carbocycles. The van der Waals surface area contributed by atoms with Crippen LogP contribution in [0.1, 0.15) is 24.8 Å². The molecule has 0 heterocycles. The van der Waals surface area contributed by atoms with Gasteiger partial charge in [0, 0.05) is 43.2 Å². The molecule has 154 valence electrons. The highest BCUT2D eigenvalue weighted by Gasteiger charge is 2.29. The number of benzene rings is 2. The standard InChI is InChI=1S/C21H25N3O5/c1-28-19-6-4-3-5-15(19)14-23(16-7-8-16)12-11-21(25)22-18-13-17(24(26)27)9-10-20(18)29-2/h3-6,9-10,13,16H,7-8,11-12,14H2,1-2H3,(H,22,25). The minimum Gasteiger partial charge on any atom is -0.496 e. The second-order valence-corrected chi connectivity index (χ2v) is 6.95. The van der Waals surface area contributed by atoms with Crippen molar-refractivity contribution in [3.05, 3.63) is 58.1 Å². The summed E-state index contributed by atoms with van der Waals surface area (Å²) in [6, 6.07) is 12.5. The average molecular weight is 399 g/mol. The lowest BCUT2D eigenvalue weighted by Crippen LogP contribution is -2.29. The molecular formula is C21H25N3O5. The van der Waals surface area contributed by atoms with Crippen molar-refractivity contribution in [2.24, 2.45) is 0 Å². The normalized spacial score (nSPS) is 13.2. The van der Waals surface area contributed by atoms with E-state index < -0.39 is 4.92 Å². The van der Waals surface area contributed by atoms with Crippen molar-refractivity contribution in [1.82, 2.24) is 4.90 Å². The third-order valence-electron chi connectivity index (χ3n) is 4.92. The lowest BCUT2D eigenvalue weighted by atomic mass is 10.1. The molecule has 1 aliphatic carbocycles. The first-order valence-electron chi connectivity index (χ1n) is 9.50. The first-order chi connectivity index (χ1) is 14.0. The number of anilines is 1. The molecule has 2 aromatic carbocycles. The Labute approximate surface area is 169 Å². The molecule has 1 amide bonds. The predicted molar refractivity (Wildman–Crippen MR) is 109 cm³/mol. The smallest absolute Gasteiger partial charge is 0.271 e. The van der Waals surface area contributed by atoms with Crippen LogP contribution < -0.4 is 14.8 Å². The highest BCUT2D eigenvalue weighted by Crippen LogP contribution is 2.31. The van der Waals surface area contributed by atoms with Crippen molar-refractivity contribution >= 4 is 17.3 Å². The number of hydrogen-bond donors (Lipinski definition) is 1. The Morgan fingerprint density at radius 2 is 1.90 bits per heavy atom. The lowest BCUT2D eigenvalue weighted by Gasteiger charge is -2.23. The Morgan fingerprint density at radius 1 is 1.17 bits per heavy atom. The fraction of sp³-hybridized carbons (Fsp3) is 0.381. The number of nitrogens with one attached hydrogen (secondary N) is 1. The van der Waals surface area contributed by atoms with E-state index in [-0.39, 0.29) is 18.0 Å². The molecule has 0 spiro atoms. The van der Waals surface area contributed by atoms with E-state index in [1.165, 1.54) is 25.3 Å². The molecule has 0 bridgehead atoms. The van der Waals surface area contributed by atoms with Crippen molar-refractivity contribution in [1.29, 1.82) is 0 Å². The van der Waals surface area contributed by atoms with Crippen LogP contribution in [0.15, 0.2) is 42.5 Å². The zero-order valence-corrected chi connectivity index (χ0v) is 16.6. The minimum absolute atomic E-state index is 0.100. The Balaban J connectivity index is 1.63. The van der Waals surface area contributed by atoms with Crippen LogP contribution >= 0.6 is 0 Å². The SMILES string of the molecule is COc1ccccc1CN(CCC(=O)Nc1cc([N+](=O)[O-])ccc1OC)C1CC1.